The van der Waals surface area contributed by atoms with Crippen LogP contribution < -0.4 is 5.56 Å². The zero-order chi connectivity index (χ0) is 16.8. The standard InChI is InChI=1S/C17H10FN3O3/c18-13-3-1-2-11-14-12(8-19-15(11)13)16(22)21(20-14)10-6-4-9(5-7-10)17(23)24/h1-8,19H,(H,23,24). The van der Waals surface area contributed by atoms with Crippen LogP contribution in [-0.2, 0) is 0 Å². The van der Waals surface area contributed by atoms with E-state index in [2.05, 4.69) is 10.1 Å². The van der Waals surface area contributed by atoms with Crippen LogP contribution in [0.25, 0.3) is 27.8 Å². The first-order valence-electron chi connectivity index (χ1n) is 7.08. The average molecular weight is 323 g/mol. The lowest BCUT2D eigenvalue weighted by Gasteiger charge is -2.03. The number of carboxylic acids is 1. The molecule has 2 aromatic rings. The second kappa shape index (κ2) is 5.02. The molecule has 0 radical (unpaired) electrons. The Labute approximate surface area is 134 Å². The van der Waals surface area contributed by atoms with Crippen LogP contribution in [0, 0.1) is 5.82 Å². The third-order valence-corrected chi connectivity index (χ3v) is 3.87. The molecule has 118 valence electrons. The fourth-order valence-corrected chi connectivity index (χ4v) is 2.68. The highest BCUT2D eigenvalue weighted by molar-refractivity contribution is 5.93. The first kappa shape index (κ1) is 14.1. The SMILES string of the molecule is O=C(O)c1ccc(-n2nc3c4cccc(F)c4[nH]cc-3c2=O)cc1. The number of H-pyrrole nitrogens is 1. The fourth-order valence-electron chi connectivity index (χ4n) is 2.68. The second-order valence-corrected chi connectivity index (χ2v) is 5.28. The van der Waals surface area contributed by atoms with Gasteiger partial charge in [-0.2, -0.15) is 9.78 Å². The van der Waals surface area contributed by atoms with Gasteiger partial charge in [0.25, 0.3) is 5.56 Å². The number of hydrogen-bond donors (Lipinski definition) is 2. The van der Waals surface area contributed by atoms with Gasteiger partial charge in [-0.25, -0.2) is 9.18 Å². The van der Waals surface area contributed by atoms with Crippen LogP contribution in [0.15, 0.2) is 53.5 Å². The lowest BCUT2D eigenvalue weighted by molar-refractivity contribution is 0.0697. The quantitative estimate of drug-likeness (QED) is 0.593. The molecular weight excluding hydrogens is 313 g/mol. The third kappa shape index (κ3) is 1.98. The van der Waals surface area contributed by atoms with Crippen molar-refractivity contribution < 1.29 is 14.3 Å². The summed E-state index contributed by atoms with van der Waals surface area (Å²) in [4.78, 5) is 26.2. The van der Waals surface area contributed by atoms with Crippen LogP contribution in [0.5, 0.6) is 0 Å². The molecule has 2 aromatic carbocycles. The first-order chi connectivity index (χ1) is 11.6. The maximum Gasteiger partial charge on any atom is 0.335 e. The molecule has 0 unspecified atom stereocenters. The number of rotatable bonds is 2. The predicted molar refractivity (Wildman–Crippen MR) is 85.2 cm³/mol. The van der Waals surface area contributed by atoms with E-state index in [1.54, 1.807) is 12.1 Å². The van der Waals surface area contributed by atoms with Crippen LogP contribution in [0.4, 0.5) is 4.39 Å². The van der Waals surface area contributed by atoms with E-state index in [1.807, 2.05) is 0 Å². The van der Waals surface area contributed by atoms with E-state index in [0.29, 0.717) is 22.3 Å². The molecule has 0 fully saturated rings. The number of carboxylic acid groups (broad SMARTS) is 1. The molecular formula is C17H10FN3O3. The van der Waals surface area contributed by atoms with Gasteiger partial charge in [0.1, 0.15) is 11.5 Å². The molecule has 0 amide bonds. The number of nitrogens with one attached hydrogen (secondary N) is 1. The summed E-state index contributed by atoms with van der Waals surface area (Å²) in [5, 5.41) is 13.7. The number of para-hydroxylation sites is 1. The van der Waals surface area contributed by atoms with Crippen molar-refractivity contribution in [1.29, 1.82) is 0 Å². The smallest absolute Gasteiger partial charge is 0.335 e. The summed E-state index contributed by atoms with van der Waals surface area (Å²) in [5.41, 5.74) is 1.17. The Morgan fingerprint density at radius 2 is 1.92 bits per heavy atom. The highest BCUT2D eigenvalue weighted by atomic mass is 19.1. The Kier molecular flexibility index (Phi) is 2.96. The Morgan fingerprint density at radius 1 is 1.17 bits per heavy atom. The zero-order valence-corrected chi connectivity index (χ0v) is 12.2. The summed E-state index contributed by atoms with van der Waals surface area (Å²) in [5.74, 6) is -1.48. The molecule has 0 spiro atoms. The number of pyridine rings is 1. The van der Waals surface area contributed by atoms with E-state index in [9.17, 15) is 14.0 Å². The Balaban J connectivity index is 1.97. The number of carbonyl (C=O) groups is 1. The molecule has 4 rings (SSSR count). The van der Waals surface area contributed by atoms with Gasteiger partial charge in [0.15, 0.2) is 0 Å². The topological polar surface area (TPSA) is 88.0 Å². The summed E-state index contributed by atoms with van der Waals surface area (Å²) in [6.45, 7) is 0. The molecule has 2 N–H and O–H groups in total. The molecule has 0 aliphatic carbocycles. The van der Waals surface area contributed by atoms with Gasteiger partial charge in [0.05, 0.1) is 22.3 Å². The van der Waals surface area contributed by atoms with Crippen LogP contribution >= 0.6 is 0 Å². The van der Waals surface area contributed by atoms with Gasteiger partial charge in [-0.1, -0.05) is 12.1 Å². The number of halogens is 1. The van der Waals surface area contributed by atoms with Gasteiger partial charge in [-0.3, -0.25) is 4.79 Å². The van der Waals surface area contributed by atoms with Crippen molar-refractivity contribution in [2.24, 2.45) is 0 Å². The number of hydrogen-bond acceptors (Lipinski definition) is 3. The molecule has 0 saturated heterocycles. The van der Waals surface area contributed by atoms with Crippen molar-refractivity contribution >= 4 is 16.9 Å². The molecule has 6 nitrogen and oxygen atoms in total. The zero-order valence-electron chi connectivity index (χ0n) is 12.2. The third-order valence-electron chi connectivity index (χ3n) is 3.87. The normalized spacial score (nSPS) is 11.2. The molecule has 0 bridgehead atoms. The first-order valence-corrected chi connectivity index (χ1v) is 7.08. The maximum absolute atomic E-state index is 13.9. The molecule has 0 saturated carbocycles. The minimum absolute atomic E-state index is 0.115. The van der Waals surface area contributed by atoms with Crippen molar-refractivity contribution in [2.75, 3.05) is 0 Å². The van der Waals surface area contributed by atoms with Gasteiger partial charge in [0, 0.05) is 11.6 Å². The monoisotopic (exact) mass is 323 g/mol. The molecule has 2 aliphatic heterocycles. The highest BCUT2D eigenvalue weighted by Crippen LogP contribution is 2.27. The van der Waals surface area contributed by atoms with E-state index in [-0.39, 0.29) is 16.6 Å². The van der Waals surface area contributed by atoms with E-state index in [0.717, 1.165) is 0 Å². The molecule has 2 aliphatic rings. The molecule has 7 heteroatoms. The van der Waals surface area contributed by atoms with Crippen molar-refractivity contribution in [3.05, 3.63) is 70.4 Å². The number of aromatic carboxylic acids is 1. The minimum Gasteiger partial charge on any atom is -0.478 e. The van der Waals surface area contributed by atoms with Crippen molar-refractivity contribution in [1.82, 2.24) is 14.8 Å². The minimum atomic E-state index is -1.05. The fraction of sp³-hybridized carbons (Fsp3) is 0. The van der Waals surface area contributed by atoms with Crippen LogP contribution in [0.3, 0.4) is 0 Å². The van der Waals surface area contributed by atoms with E-state index in [1.165, 1.54) is 41.2 Å². The van der Waals surface area contributed by atoms with Crippen molar-refractivity contribution in [2.45, 2.75) is 0 Å². The van der Waals surface area contributed by atoms with Gasteiger partial charge < -0.3 is 10.1 Å². The summed E-state index contributed by atoms with van der Waals surface area (Å²) >= 11 is 0. The molecule has 0 aromatic heterocycles. The lowest BCUT2D eigenvalue weighted by Crippen LogP contribution is -2.14. The predicted octanol–water partition coefficient (Wildman–Crippen LogP) is 2.66. The molecule has 2 heterocycles. The lowest BCUT2D eigenvalue weighted by atomic mass is 10.1. The number of aromatic nitrogens is 3. The largest absolute Gasteiger partial charge is 0.478 e. The Bertz CT molecular complexity index is 1110. The van der Waals surface area contributed by atoms with Crippen molar-refractivity contribution in [3.63, 3.8) is 0 Å². The highest BCUT2D eigenvalue weighted by Gasteiger charge is 2.20. The van der Waals surface area contributed by atoms with Gasteiger partial charge in [0.2, 0.25) is 0 Å². The molecule has 0 atom stereocenters. The summed E-state index contributed by atoms with van der Waals surface area (Å²) < 4.78 is 15.0. The van der Waals surface area contributed by atoms with Crippen LogP contribution in [-0.4, -0.2) is 25.8 Å². The number of aromatic amines is 1. The van der Waals surface area contributed by atoms with E-state index >= 15 is 0 Å². The summed E-state index contributed by atoms with van der Waals surface area (Å²) in [6.07, 6.45) is 1.43. The van der Waals surface area contributed by atoms with Gasteiger partial charge in [-0.05, 0) is 30.3 Å². The van der Waals surface area contributed by atoms with E-state index < -0.39 is 11.8 Å². The van der Waals surface area contributed by atoms with Gasteiger partial charge in [-0.15, -0.1) is 0 Å². The maximum atomic E-state index is 13.9. The molecule has 24 heavy (non-hydrogen) atoms. The Hall–Kier alpha value is -3.48. The van der Waals surface area contributed by atoms with Crippen LogP contribution in [0.1, 0.15) is 10.4 Å². The number of nitrogens with zero attached hydrogens (tertiary/aromatic N) is 2. The average Bonchev–Trinajstić information content (AvgIpc) is 2.93. The summed E-state index contributed by atoms with van der Waals surface area (Å²) in [7, 11) is 0. The van der Waals surface area contributed by atoms with Crippen molar-refractivity contribution in [3.8, 4) is 16.9 Å². The Morgan fingerprint density at radius 3 is 2.62 bits per heavy atom. The van der Waals surface area contributed by atoms with E-state index in [4.69, 9.17) is 5.11 Å². The number of fused-ring (bicyclic) bond motifs is 3. The second-order valence-electron chi connectivity index (χ2n) is 5.28. The summed E-state index contributed by atoms with van der Waals surface area (Å²) in [6, 6.07) is 10.4. The number of benzene rings is 2. The van der Waals surface area contributed by atoms with Gasteiger partial charge >= 0.3 is 5.97 Å². The van der Waals surface area contributed by atoms with Crippen LogP contribution in [0.2, 0.25) is 0 Å².